The first-order valence-electron chi connectivity index (χ1n) is 7.09. The molecule has 1 aliphatic heterocycles. The monoisotopic (exact) mass is 264 g/mol. The van der Waals surface area contributed by atoms with Crippen molar-refractivity contribution in [3.05, 3.63) is 23.8 Å². The van der Waals surface area contributed by atoms with Crippen LogP contribution in [0.1, 0.15) is 44.2 Å². The van der Waals surface area contributed by atoms with Gasteiger partial charge >= 0.3 is 0 Å². The lowest BCUT2D eigenvalue weighted by atomic mass is 10.1. The van der Waals surface area contributed by atoms with Gasteiger partial charge in [0.25, 0.3) is 0 Å². The molecule has 1 aliphatic rings. The molecule has 2 unspecified atom stereocenters. The Morgan fingerprint density at radius 2 is 2.26 bits per heavy atom. The van der Waals surface area contributed by atoms with Gasteiger partial charge in [-0.25, -0.2) is 0 Å². The smallest absolute Gasteiger partial charge is 0.122 e. The van der Waals surface area contributed by atoms with Gasteiger partial charge in [0.15, 0.2) is 0 Å². The lowest BCUT2D eigenvalue weighted by Gasteiger charge is -2.27. The van der Waals surface area contributed by atoms with E-state index in [1.165, 1.54) is 6.42 Å². The van der Waals surface area contributed by atoms with Crippen molar-refractivity contribution in [2.24, 2.45) is 5.73 Å². The van der Waals surface area contributed by atoms with E-state index < -0.39 is 0 Å². The van der Waals surface area contributed by atoms with Gasteiger partial charge in [0.1, 0.15) is 5.75 Å². The van der Waals surface area contributed by atoms with Crippen molar-refractivity contribution in [2.75, 3.05) is 18.1 Å². The molecule has 1 fully saturated rings. The number of hydrogen-bond acceptors (Lipinski definition) is 4. The van der Waals surface area contributed by atoms with Gasteiger partial charge in [-0.05, 0) is 38.7 Å². The van der Waals surface area contributed by atoms with E-state index in [2.05, 4.69) is 4.90 Å². The Bertz CT molecular complexity index is 421. The van der Waals surface area contributed by atoms with E-state index in [0.717, 1.165) is 37.1 Å². The molecule has 0 saturated carbocycles. The minimum atomic E-state index is -0.155. The number of rotatable bonds is 5. The minimum absolute atomic E-state index is 0.155. The first-order valence-corrected chi connectivity index (χ1v) is 7.09. The molecule has 0 aromatic heterocycles. The summed E-state index contributed by atoms with van der Waals surface area (Å²) in [6.45, 7) is 3.14. The highest BCUT2D eigenvalue weighted by Gasteiger charge is 2.24. The quantitative estimate of drug-likeness (QED) is 0.762. The molecular weight excluding hydrogens is 240 g/mol. The molecule has 0 aliphatic carbocycles. The molecule has 1 aromatic rings. The third kappa shape index (κ3) is 3.19. The van der Waals surface area contributed by atoms with Crippen molar-refractivity contribution in [3.63, 3.8) is 0 Å². The lowest BCUT2D eigenvalue weighted by molar-refractivity contribution is 0.279. The number of nitrogens with zero attached hydrogens (tertiary/aromatic N) is 1. The van der Waals surface area contributed by atoms with Crippen LogP contribution in [0.4, 0.5) is 5.69 Å². The van der Waals surface area contributed by atoms with Crippen LogP contribution in [0.2, 0.25) is 0 Å². The van der Waals surface area contributed by atoms with Crippen LogP contribution in [0.25, 0.3) is 0 Å². The Balaban J connectivity index is 2.14. The molecule has 0 amide bonds. The Labute approximate surface area is 114 Å². The Kier molecular flexibility index (Phi) is 4.66. The SMILES string of the molecule is CC(N)c1ccc(N2CCCC2CCCO)cc1O. The van der Waals surface area contributed by atoms with Gasteiger partial charge < -0.3 is 20.8 Å². The van der Waals surface area contributed by atoms with Gasteiger partial charge in [-0.15, -0.1) is 0 Å². The fraction of sp³-hybridized carbons (Fsp3) is 0.600. The summed E-state index contributed by atoms with van der Waals surface area (Å²) >= 11 is 0. The van der Waals surface area contributed by atoms with Crippen LogP contribution in [0, 0.1) is 0 Å². The molecular formula is C15H24N2O2. The summed E-state index contributed by atoms with van der Waals surface area (Å²) in [4.78, 5) is 2.33. The van der Waals surface area contributed by atoms with Gasteiger partial charge in [0.05, 0.1) is 0 Å². The van der Waals surface area contributed by atoms with Crippen LogP contribution in [-0.4, -0.2) is 29.4 Å². The molecule has 0 radical (unpaired) electrons. The van der Waals surface area contributed by atoms with Crippen LogP contribution >= 0.6 is 0 Å². The number of benzene rings is 1. The second kappa shape index (κ2) is 6.26. The number of hydrogen-bond donors (Lipinski definition) is 3. The van der Waals surface area contributed by atoms with E-state index in [0.29, 0.717) is 6.04 Å². The fourth-order valence-corrected chi connectivity index (χ4v) is 2.90. The van der Waals surface area contributed by atoms with Crippen LogP contribution in [-0.2, 0) is 0 Å². The number of aliphatic hydroxyl groups excluding tert-OH is 1. The molecule has 0 bridgehead atoms. The number of aromatic hydroxyl groups is 1. The van der Waals surface area contributed by atoms with Gasteiger partial charge in [-0.3, -0.25) is 0 Å². The molecule has 4 nitrogen and oxygen atoms in total. The standard InChI is InChI=1S/C15H24N2O2/c1-11(16)14-7-6-13(10-15(14)19)17-8-2-4-12(17)5-3-9-18/h6-7,10-12,18-19H,2-5,8-9,16H2,1H3. The summed E-state index contributed by atoms with van der Waals surface area (Å²) in [5.41, 5.74) is 7.65. The number of anilines is 1. The van der Waals surface area contributed by atoms with Gasteiger partial charge in [-0.1, -0.05) is 6.07 Å². The first-order chi connectivity index (χ1) is 9.13. The van der Waals surface area contributed by atoms with Crippen LogP contribution in [0.3, 0.4) is 0 Å². The molecule has 19 heavy (non-hydrogen) atoms. The number of phenolic OH excluding ortho intramolecular Hbond substituents is 1. The summed E-state index contributed by atoms with van der Waals surface area (Å²) in [7, 11) is 0. The van der Waals surface area contributed by atoms with Gasteiger partial charge in [-0.2, -0.15) is 0 Å². The molecule has 1 heterocycles. The Morgan fingerprint density at radius 3 is 2.89 bits per heavy atom. The summed E-state index contributed by atoms with van der Waals surface area (Å²) in [6, 6.07) is 6.09. The van der Waals surface area contributed by atoms with Crippen molar-refractivity contribution in [1.29, 1.82) is 0 Å². The zero-order valence-electron chi connectivity index (χ0n) is 11.5. The highest BCUT2D eigenvalue weighted by Crippen LogP contribution is 2.33. The van der Waals surface area contributed by atoms with Crippen molar-refractivity contribution in [3.8, 4) is 5.75 Å². The number of aliphatic hydroxyl groups is 1. The maximum Gasteiger partial charge on any atom is 0.122 e. The maximum atomic E-state index is 10.0. The summed E-state index contributed by atoms with van der Waals surface area (Å²) < 4.78 is 0. The second-order valence-electron chi connectivity index (χ2n) is 5.39. The topological polar surface area (TPSA) is 69.7 Å². The predicted octanol–water partition coefficient (Wildman–Crippen LogP) is 2.15. The molecule has 0 spiro atoms. The van der Waals surface area contributed by atoms with Crippen molar-refractivity contribution in [2.45, 2.75) is 44.7 Å². The highest BCUT2D eigenvalue weighted by atomic mass is 16.3. The van der Waals surface area contributed by atoms with Crippen molar-refractivity contribution < 1.29 is 10.2 Å². The molecule has 2 atom stereocenters. The highest BCUT2D eigenvalue weighted by molar-refractivity contribution is 5.55. The average Bonchev–Trinajstić information content (AvgIpc) is 2.83. The number of phenols is 1. The van der Waals surface area contributed by atoms with Crippen molar-refractivity contribution in [1.82, 2.24) is 0 Å². The average molecular weight is 264 g/mol. The summed E-state index contributed by atoms with van der Waals surface area (Å²) in [6.07, 6.45) is 4.18. The van der Waals surface area contributed by atoms with Crippen LogP contribution in [0.5, 0.6) is 5.75 Å². The fourth-order valence-electron chi connectivity index (χ4n) is 2.90. The molecule has 1 aromatic carbocycles. The van der Waals surface area contributed by atoms with Crippen LogP contribution in [0.15, 0.2) is 18.2 Å². The molecule has 2 rings (SSSR count). The minimum Gasteiger partial charge on any atom is -0.508 e. The largest absolute Gasteiger partial charge is 0.508 e. The third-order valence-electron chi connectivity index (χ3n) is 3.91. The second-order valence-corrected chi connectivity index (χ2v) is 5.39. The zero-order valence-corrected chi connectivity index (χ0v) is 11.5. The zero-order chi connectivity index (χ0) is 13.8. The predicted molar refractivity (Wildman–Crippen MR) is 77.4 cm³/mol. The molecule has 4 N–H and O–H groups in total. The van der Waals surface area contributed by atoms with E-state index in [-0.39, 0.29) is 18.4 Å². The first kappa shape index (κ1) is 14.2. The van der Waals surface area contributed by atoms with E-state index in [1.807, 2.05) is 25.1 Å². The lowest BCUT2D eigenvalue weighted by Crippen LogP contribution is -2.29. The van der Waals surface area contributed by atoms with E-state index in [9.17, 15) is 5.11 Å². The Morgan fingerprint density at radius 1 is 1.47 bits per heavy atom. The maximum absolute atomic E-state index is 10.0. The van der Waals surface area contributed by atoms with Gasteiger partial charge in [0, 0.05) is 42.6 Å². The summed E-state index contributed by atoms with van der Waals surface area (Å²) in [5, 5.41) is 19.0. The van der Waals surface area contributed by atoms with E-state index >= 15 is 0 Å². The molecule has 1 saturated heterocycles. The Hall–Kier alpha value is -1.26. The molecule has 106 valence electrons. The summed E-state index contributed by atoms with van der Waals surface area (Å²) in [5.74, 6) is 0.278. The molecule has 4 heteroatoms. The van der Waals surface area contributed by atoms with Gasteiger partial charge in [0.2, 0.25) is 0 Å². The number of nitrogens with two attached hydrogens (primary N) is 1. The van der Waals surface area contributed by atoms with E-state index in [1.54, 1.807) is 0 Å². The van der Waals surface area contributed by atoms with E-state index in [4.69, 9.17) is 10.8 Å². The third-order valence-corrected chi connectivity index (χ3v) is 3.91. The van der Waals surface area contributed by atoms with Crippen molar-refractivity contribution >= 4 is 5.69 Å². The normalized spacial score (nSPS) is 20.8. The van der Waals surface area contributed by atoms with Crippen LogP contribution < -0.4 is 10.6 Å².